The number of rotatable bonds is 5. The van der Waals surface area contributed by atoms with Crippen molar-refractivity contribution in [3.05, 3.63) is 70.9 Å². The van der Waals surface area contributed by atoms with E-state index in [0.29, 0.717) is 12.2 Å². The molecule has 0 bridgehead atoms. The molecule has 0 amide bonds. The van der Waals surface area contributed by atoms with E-state index in [4.69, 9.17) is 11.5 Å². The molecule has 1 heterocycles. The molecule has 0 spiro atoms. The summed E-state index contributed by atoms with van der Waals surface area (Å²) in [6.45, 7) is 3.97. The normalized spacial score (nSPS) is 12.7. The second kappa shape index (κ2) is 8.11. The molecule has 1 aromatic heterocycles. The molecule has 0 radical (unpaired) electrons. The number of anilines is 2. The molecule has 0 aliphatic carbocycles. The Kier molecular flexibility index (Phi) is 5.77. The highest BCUT2D eigenvalue weighted by Crippen LogP contribution is 2.32. The van der Waals surface area contributed by atoms with Crippen LogP contribution in [0.4, 0.5) is 24.9 Å². The van der Waals surface area contributed by atoms with Gasteiger partial charge in [0, 0.05) is 11.3 Å². The van der Waals surface area contributed by atoms with Gasteiger partial charge >= 0.3 is 6.18 Å². The summed E-state index contributed by atoms with van der Waals surface area (Å²) in [6, 6.07) is 13.1. The smallest absolute Gasteiger partial charge is 0.383 e. The monoisotopic (exact) mass is 400 g/mol. The van der Waals surface area contributed by atoms with Crippen molar-refractivity contribution < 1.29 is 13.2 Å². The molecule has 0 aliphatic rings. The number of alkyl halides is 3. The lowest BCUT2D eigenvalue weighted by atomic mass is 9.91. The largest absolute Gasteiger partial charge is 0.416 e. The highest BCUT2D eigenvalue weighted by Gasteiger charge is 2.29. The van der Waals surface area contributed by atoms with E-state index in [1.807, 2.05) is 31.2 Å². The number of hydrogen-bond donors (Lipinski definition) is 2. The Morgan fingerprint density at radius 1 is 0.966 bits per heavy atom. The summed E-state index contributed by atoms with van der Waals surface area (Å²) < 4.78 is 38.3. The third-order valence-electron chi connectivity index (χ3n) is 5.09. The standard InChI is InChI=1S/C22H23F3N4/c1-13(6-11-19-14(2)28-21(27)29-20(19)26)16-4-3-5-17(12-16)15-7-9-18(10-8-15)22(23,24)25/h3-5,7-10,12-13H,6,11H2,1-2H3,(H4,26,27,28,29). The van der Waals surface area contributed by atoms with Gasteiger partial charge in [-0.3, -0.25) is 0 Å². The average Bonchev–Trinajstić information content (AvgIpc) is 2.66. The molecule has 2 aromatic carbocycles. The first kappa shape index (κ1) is 20.6. The number of benzene rings is 2. The molecule has 0 fully saturated rings. The van der Waals surface area contributed by atoms with E-state index in [2.05, 4.69) is 16.9 Å². The van der Waals surface area contributed by atoms with E-state index in [1.54, 1.807) is 0 Å². The fraction of sp³-hybridized carbons (Fsp3) is 0.273. The first-order chi connectivity index (χ1) is 13.6. The van der Waals surface area contributed by atoms with Crippen molar-refractivity contribution in [3.63, 3.8) is 0 Å². The minimum absolute atomic E-state index is 0.168. The van der Waals surface area contributed by atoms with Crippen LogP contribution in [0.2, 0.25) is 0 Å². The van der Waals surface area contributed by atoms with E-state index >= 15 is 0 Å². The number of nitrogens with two attached hydrogens (primary N) is 2. The van der Waals surface area contributed by atoms with Gasteiger partial charge in [0.25, 0.3) is 0 Å². The van der Waals surface area contributed by atoms with Crippen molar-refractivity contribution >= 4 is 11.8 Å². The highest BCUT2D eigenvalue weighted by atomic mass is 19.4. The number of nitrogens with zero attached hydrogens (tertiary/aromatic N) is 2. The molecule has 4 N–H and O–H groups in total. The first-order valence-corrected chi connectivity index (χ1v) is 9.31. The van der Waals surface area contributed by atoms with Crippen molar-refractivity contribution in [1.82, 2.24) is 9.97 Å². The molecule has 0 saturated heterocycles. The Hall–Kier alpha value is -3.09. The lowest BCUT2D eigenvalue weighted by Gasteiger charge is -2.15. The first-order valence-electron chi connectivity index (χ1n) is 9.31. The highest BCUT2D eigenvalue weighted by molar-refractivity contribution is 5.64. The number of halogens is 3. The van der Waals surface area contributed by atoms with Crippen LogP contribution in [0.15, 0.2) is 48.5 Å². The lowest BCUT2D eigenvalue weighted by molar-refractivity contribution is -0.137. The van der Waals surface area contributed by atoms with Gasteiger partial charge in [0.05, 0.1) is 5.56 Å². The zero-order chi connectivity index (χ0) is 21.2. The van der Waals surface area contributed by atoms with Crippen LogP contribution >= 0.6 is 0 Å². The molecule has 3 rings (SSSR count). The van der Waals surface area contributed by atoms with Gasteiger partial charge in [-0.1, -0.05) is 43.3 Å². The number of aromatic nitrogens is 2. The van der Waals surface area contributed by atoms with Crippen molar-refractivity contribution in [1.29, 1.82) is 0 Å². The Morgan fingerprint density at radius 2 is 1.66 bits per heavy atom. The Labute approximate surface area is 167 Å². The van der Waals surface area contributed by atoms with Gasteiger partial charge in [0.1, 0.15) is 5.82 Å². The van der Waals surface area contributed by atoms with Crippen molar-refractivity contribution in [3.8, 4) is 11.1 Å². The van der Waals surface area contributed by atoms with E-state index in [0.717, 1.165) is 46.5 Å². The second-order valence-corrected chi connectivity index (χ2v) is 7.17. The average molecular weight is 400 g/mol. The van der Waals surface area contributed by atoms with Gasteiger partial charge in [0.2, 0.25) is 5.95 Å². The van der Waals surface area contributed by atoms with Gasteiger partial charge in [-0.25, -0.2) is 4.98 Å². The molecule has 7 heteroatoms. The number of nitrogen functional groups attached to an aromatic ring is 2. The zero-order valence-corrected chi connectivity index (χ0v) is 16.3. The Morgan fingerprint density at radius 3 is 2.28 bits per heavy atom. The molecule has 1 atom stereocenters. The number of hydrogen-bond acceptors (Lipinski definition) is 4. The van der Waals surface area contributed by atoms with Crippen LogP contribution in [-0.4, -0.2) is 9.97 Å². The van der Waals surface area contributed by atoms with Gasteiger partial charge in [0.15, 0.2) is 0 Å². The van der Waals surface area contributed by atoms with Crippen LogP contribution in [0, 0.1) is 6.92 Å². The predicted molar refractivity (Wildman–Crippen MR) is 109 cm³/mol. The molecule has 29 heavy (non-hydrogen) atoms. The molecular weight excluding hydrogens is 377 g/mol. The van der Waals surface area contributed by atoms with E-state index < -0.39 is 11.7 Å². The van der Waals surface area contributed by atoms with Gasteiger partial charge in [-0.15, -0.1) is 0 Å². The Balaban J connectivity index is 1.75. The van der Waals surface area contributed by atoms with Gasteiger partial charge in [-0.2, -0.15) is 18.2 Å². The number of aryl methyl sites for hydroxylation is 1. The summed E-state index contributed by atoms with van der Waals surface area (Å²) in [4.78, 5) is 8.20. The minimum atomic E-state index is -4.33. The molecule has 0 saturated carbocycles. The van der Waals surface area contributed by atoms with Crippen molar-refractivity contribution in [2.45, 2.75) is 38.8 Å². The third kappa shape index (κ3) is 4.85. The lowest BCUT2D eigenvalue weighted by Crippen LogP contribution is -2.08. The molecule has 152 valence electrons. The maximum atomic E-state index is 12.8. The summed E-state index contributed by atoms with van der Waals surface area (Å²) in [7, 11) is 0. The third-order valence-corrected chi connectivity index (χ3v) is 5.09. The molecule has 0 aliphatic heterocycles. The summed E-state index contributed by atoms with van der Waals surface area (Å²) in [5.41, 5.74) is 15.4. The molecule has 1 unspecified atom stereocenters. The fourth-order valence-corrected chi connectivity index (χ4v) is 3.35. The minimum Gasteiger partial charge on any atom is -0.383 e. The maximum absolute atomic E-state index is 12.8. The van der Waals surface area contributed by atoms with Crippen LogP contribution in [-0.2, 0) is 12.6 Å². The van der Waals surface area contributed by atoms with Crippen molar-refractivity contribution in [2.24, 2.45) is 0 Å². The quantitative estimate of drug-likeness (QED) is 0.603. The summed E-state index contributed by atoms with van der Waals surface area (Å²) in [5.74, 6) is 0.794. The molecule has 4 nitrogen and oxygen atoms in total. The summed E-state index contributed by atoms with van der Waals surface area (Å²) in [6.07, 6.45) is -2.79. The summed E-state index contributed by atoms with van der Waals surface area (Å²) >= 11 is 0. The van der Waals surface area contributed by atoms with Gasteiger partial charge in [-0.05, 0) is 54.5 Å². The SMILES string of the molecule is Cc1nc(N)nc(N)c1CCC(C)c1cccc(-c2ccc(C(F)(F)F)cc2)c1. The summed E-state index contributed by atoms with van der Waals surface area (Å²) in [5, 5.41) is 0. The van der Waals surface area contributed by atoms with Crippen molar-refractivity contribution in [2.75, 3.05) is 11.5 Å². The molecule has 3 aromatic rings. The fourth-order valence-electron chi connectivity index (χ4n) is 3.35. The predicted octanol–water partition coefficient (Wildman–Crippen LogP) is 5.37. The van der Waals surface area contributed by atoms with Crippen LogP contribution in [0.5, 0.6) is 0 Å². The maximum Gasteiger partial charge on any atom is 0.416 e. The van der Waals surface area contributed by atoms with E-state index in [9.17, 15) is 13.2 Å². The second-order valence-electron chi connectivity index (χ2n) is 7.17. The van der Waals surface area contributed by atoms with Crippen LogP contribution in [0.25, 0.3) is 11.1 Å². The Bertz CT molecular complexity index is 975. The zero-order valence-electron chi connectivity index (χ0n) is 16.3. The topological polar surface area (TPSA) is 77.8 Å². The van der Waals surface area contributed by atoms with Crippen LogP contribution in [0.1, 0.15) is 41.6 Å². The van der Waals surface area contributed by atoms with Crippen LogP contribution < -0.4 is 11.5 Å². The van der Waals surface area contributed by atoms with Gasteiger partial charge < -0.3 is 11.5 Å². The van der Waals surface area contributed by atoms with Crippen LogP contribution in [0.3, 0.4) is 0 Å². The van der Waals surface area contributed by atoms with E-state index in [-0.39, 0.29) is 11.9 Å². The molecular formula is C22H23F3N4. The van der Waals surface area contributed by atoms with E-state index in [1.165, 1.54) is 12.1 Å².